The molecular weight excluding hydrogens is 817 g/mol. The van der Waals surface area contributed by atoms with Crippen LogP contribution in [0.25, 0.3) is 0 Å². The van der Waals surface area contributed by atoms with Gasteiger partial charge in [0.25, 0.3) is 0 Å². The third-order valence-electron chi connectivity index (χ3n) is 11.9. The summed E-state index contributed by atoms with van der Waals surface area (Å²) in [5.74, 6) is -0.923. The molecule has 1 atom stereocenters. The van der Waals surface area contributed by atoms with Gasteiger partial charge in [-0.05, 0) is 89.9 Å². The van der Waals surface area contributed by atoms with Crippen molar-refractivity contribution in [2.45, 2.75) is 277 Å². The van der Waals surface area contributed by atoms with Gasteiger partial charge in [0.15, 0.2) is 6.10 Å². The fourth-order valence-corrected chi connectivity index (χ4v) is 7.76. The maximum Gasteiger partial charge on any atom is 0.306 e. The van der Waals surface area contributed by atoms with Crippen LogP contribution in [0.3, 0.4) is 0 Å². The zero-order valence-corrected chi connectivity index (χ0v) is 43.4. The maximum atomic E-state index is 12.8. The minimum atomic E-state index is -0.791. The minimum Gasteiger partial charge on any atom is -0.462 e. The van der Waals surface area contributed by atoms with Gasteiger partial charge in [-0.15, -0.1) is 0 Å². The lowest BCUT2D eigenvalue weighted by Gasteiger charge is -2.18. The van der Waals surface area contributed by atoms with Gasteiger partial charge in [-0.1, -0.05) is 235 Å². The fraction of sp³-hybridized carbons (Fsp3) is 0.750. The standard InChI is InChI=1S/C60H104O6/c1-4-7-10-13-16-19-22-24-26-28-30-32-33-35-38-41-44-47-50-53-59(62)65-56-57(55-64-58(61)52-49-46-43-40-37-21-18-15-12-9-6-3)66-60(63)54-51-48-45-42-39-36-34-31-29-27-25-23-20-17-14-11-8-5-2/h7,10,16,19,24,26,30-32,34-35,38,57H,4-6,8-9,11-15,17-18,20-23,25,27-29,33,36-37,39-56H2,1-3H3/b10-7-,19-16-,26-24-,32-30-,34-31-,38-35-. The van der Waals surface area contributed by atoms with Crippen molar-refractivity contribution in [3.63, 3.8) is 0 Å². The molecule has 0 saturated carbocycles. The molecule has 6 heteroatoms. The molecule has 0 rings (SSSR count). The Labute approximate surface area is 408 Å². The summed E-state index contributed by atoms with van der Waals surface area (Å²) in [5, 5.41) is 0. The van der Waals surface area contributed by atoms with E-state index in [0.29, 0.717) is 19.3 Å². The summed E-state index contributed by atoms with van der Waals surface area (Å²) < 4.78 is 16.8. The van der Waals surface area contributed by atoms with Crippen LogP contribution in [0.4, 0.5) is 0 Å². The minimum absolute atomic E-state index is 0.0875. The van der Waals surface area contributed by atoms with Crippen LogP contribution in [0.15, 0.2) is 72.9 Å². The topological polar surface area (TPSA) is 78.9 Å². The molecule has 380 valence electrons. The van der Waals surface area contributed by atoms with E-state index in [2.05, 4.69) is 93.7 Å². The van der Waals surface area contributed by atoms with Crippen molar-refractivity contribution in [3.05, 3.63) is 72.9 Å². The highest BCUT2D eigenvalue weighted by Crippen LogP contribution is 2.15. The summed E-state index contributed by atoms with van der Waals surface area (Å²) in [6.45, 7) is 6.50. The summed E-state index contributed by atoms with van der Waals surface area (Å²) in [6.07, 6.45) is 68.9. The average molecular weight is 921 g/mol. The highest BCUT2D eigenvalue weighted by atomic mass is 16.6. The van der Waals surface area contributed by atoms with E-state index in [1.165, 1.54) is 122 Å². The van der Waals surface area contributed by atoms with Crippen molar-refractivity contribution in [3.8, 4) is 0 Å². The van der Waals surface area contributed by atoms with E-state index in [-0.39, 0.29) is 31.1 Å². The smallest absolute Gasteiger partial charge is 0.306 e. The summed E-state index contributed by atoms with van der Waals surface area (Å²) in [7, 11) is 0. The molecule has 0 spiro atoms. The van der Waals surface area contributed by atoms with Crippen LogP contribution in [0.2, 0.25) is 0 Å². The first-order valence-electron chi connectivity index (χ1n) is 27.9. The second kappa shape index (κ2) is 54.5. The van der Waals surface area contributed by atoms with E-state index >= 15 is 0 Å². The van der Waals surface area contributed by atoms with Crippen LogP contribution in [-0.4, -0.2) is 37.2 Å². The first-order chi connectivity index (χ1) is 32.5. The predicted molar refractivity (Wildman–Crippen MR) is 284 cm³/mol. The maximum absolute atomic E-state index is 12.8. The normalized spacial score (nSPS) is 12.6. The van der Waals surface area contributed by atoms with Crippen LogP contribution in [-0.2, 0) is 28.6 Å². The molecule has 0 aliphatic carbocycles. The van der Waals surface area contributed by atoms with E-state index in [1.807, 2.05) is 0 Å². The number of rotatable bonds is 50. The van der Waals surface area contributed by atoms with Crippen LogP contribution in [0.5, 0.6) is 0 Å². The molecule has 0 aliphatic rings. The van der Waals surface area contributed by atoms with Gasteiger partial charge in [0, 0.05) is 19.3 Å². The van der Waals surface area contributed by atoms with Crippen molar-refractivity contribution in [2.75, 3.05) is 13.2 Å². The van der Waals surface area contributed by atoms with Crippen molar-refractivity contribution < 1.29 is 28.6 Å². The van der Waals surface area contributed by atoms with Crippen molar-refractivity contribution in [2.24, 2.45) is 0 Å². The quantitative estimate of drug-likeness (QED) is 0.0262. The number of carbonyl (C=O) groups is 3. The third kappa shape index (κ3) is 51.8. The number of hydrogen-bond acceptors (Lipinski definition) is 6. The summed E-state index contributed by atoms with van der Waals surface area (Å²) in [6, 6.07) is 0. The number of hydrogen-bond donors (Lipinski definition) is 0. The number of esters is 3. The Morgan fingerprint density at radius 3 is 0.955 bits per heavy atom. The van der Waals surface area contributed by atoms with E-state index < -0.39 is 6.10 Å². The molecule has 0 amide bonds. The van der Waals surface area contributed by atoms with Gasteiger partial charge < -0.3 is 14.2 Å². The lowest BCUT2D eigenvalue weighted by Crippen LogP contribution is -2.30. The average Bonchev–Trinajstić information content (AvgIpc) is 3.31. The second-order valence-electron chi connectivity index (χ2n) is 18.5. The van der Waals surface area contributed by atoms with Gasteiger partial charge in [-0.25, -0.2) is 0 Å². The van der Waals surface area contributed by atoms with E-state index in [1.54, 1.807) is 0 Å². The molecule has 0 fully saturated rings. The largest absolute Gasteiger partial charge is 0.462 e. The number of allylic oxidation sites excluding steroid dienone is 12. The molecule has 0 aromatic rings. The third-order valence-corrected chi connectivity index (χ3v) is 11.9. The van der Waals surface area contributed by atoms with Gasteiger partial charge in [0.2, 0.25) is 0 Å². The second-order valence-corrected chi connectivity index (χ2v) is 18.5. The number of unbranched alkanes of at least 4 members (excludes halogenated alkanes) is 27. The first-order valence-corrected chi connectivity index (χ1v) is 27.9. The molecule has 0 saturated heterocycles. The highest BCUT2D eigenvalue weighted by Gasteiger charge is 2.19. The van der Waals surface area contributed by atoms with Gasteiger partial charge in [-0.3, -0.25) is 14.4 Å². The zero-order valence-electron chi connectivity index (χ0n) is 43.4. The summed E-state index contributed by atoms with van der Waals surface area (Å²) >= 11 is 0. The molecule has 0 aromatic heterocycles. The monoisotopic (exact) mass is 921 g/mol. The zero-order chi connectivity index (χ0) is 47.9. The molecule has 0 N–H and O–H groups in total. The molecule has 0 radical (unpaired) electrons. The molecule has 1 unspecified atom stereocenters. The van der Waals surface area contributed by atoms with Gasteiger partial charge in [-0.2, -0.15) is 0 Å². The lowest BCUT2D eigenvalue weighted by molar-refractivity contribution is -0.167. The Bertz CT molecular complexity index is 1240. The van der Waals surface area contributed by atoms with Crippen molar-refractivity contribution >= 4 is 17.9 Å². The van der Waals surface area contributed by atoms with Crippen LogP contribution in [0.1, 0.15) is 271 Å². The van der Waals surface area contributed by atoms with Crippen LogP contribution >= 0.6 is 0 Å². The Kier molecular flexibility index (Phi) is 51.9. The van der Waals surface area contributed by atoms with E-state index in [0.717, 1.165) is 109 Å². The SMILES string of the molecule is CC/C=C\C/C=C\C/C=C\C/C=C\C/C=C\CCCCCC(=O)OCC(COC(=O)CCCCCCCCCCCCC)OC(=O)CCCCCCC/C=C\CCCCCCCCCCC. The fourth-order valence-electron chi connectivity index (χ4n) is 7.76. The molecule has 66 heavy (non-hydrogen) atoms. The number of carbonyl (C=O) groups excluding carboxylic acids is 3. The Morgan fingerprint density at radius 2 is 0.591 bits per heavy atom. The van der Waals surface area contributed by atoms with E-state index in [9.17, 15) is 14.4 Å². The molecule has 0 heterocycles. The Morgan fingerprint density at radius 1 is 0.318 bits per heavy atom. The molecule has 6 nitrogen and oxygen atoms in total. The van der Waals surface area contributed by atoms with Crippen LogP contribution < -0.4 is 0 Å². The summed E-state index contributed by atoms with van der Waals surface area (Å²) in [4.78, 5) is 38.1. The molecular formula is C60H104O6. The van der Waals surface area contributed by atoms with Crippen molar-refractivity contribution in [1.82, 2.24) is 0 Å². The van der Waals surface area contributed by atoms with Gasteiger partial charge >= 0.3 is 17.9 Å². The van der Waals surface area contributed by atoms with Crippen molar-refractivity contribution in [1.29, 1.82) is 0 Å². The van der Waals surface area contributed by atoms with Gasteiger partial charge in [0.05, 0.1) is 0 Å². The molecule has 0 bridgehead atoms. The Hall–Kier alpha value is -3.15. The Balaban J connectivity index is 4.41. The lowest BCUT2D eigenvalue weighted by atomic mass is 10.1. The molecule has 0 aromatic carbocycles. The van der Waals surface area contributed by atoms with Gasteiger partial charge in [0.1, 0.15) is 13.2 Å². The van der Waals surface area contributed by atoms with Crippen LogP contribution in [0, 0.1) is 0 Å². The summed E-state index contributed by atoms with van der Waals surface area (Å²) in [5.41, 5.74) is 0. The highest BCUT2D eigenvalue weighted by molar-refractivity contribution is 5.71. The predicted octanol–water partition coefficient (Wildman–Crippen LogP) is 18.6. The molecule has 0 aliphatic heterocycles. The number of ether oxygens (including phenoxy) is 3. The van der Waals surface area contributed by atoms with E-state index in [4.69, 9.17) is 14.2 Å². The first kappa shape index (κ1) is 62.8.